The number of fused-ring (bicyclic) bond motifs is 2. The molecule has 6 rings (SSSR count). The number of likely N-dealkylation sites (N-methyl/N-ethyl adjacent to an activating group) is 1. The van der Waals surface area contributed by atoms with E-state index in [1.807, 2.05) is 18.2 Å². The summed E-state index contributed by atoms with van der Waals surface area (Å²) in [6.45, 7) is 2.72. The van der Waals surface area contributed by atoms with Crippen molar-refractivity contribution in [3.63, 3.8) is 0 Å². The molecule has 2 aliphatic heterocycles. The highest BCUT2D eigenvalue weighted by Gasteiger charge is 2.43. The lowest BCUT2D eigenvalue weighted by Crippen LogP contribution is -2.55. The zero-order chi connectivity index (χ0) is 32.7. The molecule has 0 bridgehead atoms. The Bertz CT molecular complexity index is 1900. The van der Waals surface area contributed by atoms with E-state index < -0.39 is 48.5 Å². The van der Waals surface area contributed by atoms with E-state index >= 15 is 4.39 Å². The Kier molecular flexibility index (Phi) is 8.43. The largest absolute Gasteiger partial charge is 0.462 e. The van der Waals surface area contributed by atoms with Crippen LogP contribution in [-0.2, 0) is 4.79 Å². The Labute approximate surface area is 266 Å². The lowest BCUT2D eigenvalue weighted by Gasteiger charge is -2.41. The molecule has 14 heteroatoms. The number of hydrogen-bond donors (Lipinski definition) is 0. The molecule has 2 saturated heterocycles. The molecule has 0 N–H and O–H groups in total. The van der Waals surface area contributed by atoms with Crippen molar-refractivity contribution >= 4 is 45.0 Å². The SMILES string of the molecule is C=C(F)C(=O)N1CCN(c2nc(OC[C@@H]3CC(F)(F)CN3C)nc3c(F)c(-c4cccc5cccc(Cl)c45)ncc23)C[C@@H]1CC#N. The summed E-state index contributed by atoms with van der Waals surface area (Å²) in [6, 6.07) is 11.1. The molecule has 0 saturated carbocycles. The van der Waals surface area contributed by atoms with Gasteiger partial charge in [-0.25, -0.2) is 17.6 Å². The molecule has 2 aromatic carbocycles. The quantitative estimate of drug-likeness (QED) is 0.183. The number of alkyl halides is 2. The number of halogens is 5. The minimum absolute atomic E-state index is 0.0174. The third-order valence-corrected chi connectivity index (χ3v) is 8.71. The molecule has 9 nitrogen and oxygen atoms in total. The van der Waals surface area contributed by atoms with E-state index in [-0.39, 0.29) is 61.1 Å². The first-order chi connectivity index (χ1) is 22.0. The number of benzene rings is 2. The molecule has 4 heterocycles. The van der Waals surface area contributed by atoms with Gasteiger partial charge >= 0.3 is 6.01 Å². The van der Waals surface area contributed by atoms with Gasteiger partial charge in [-0.1, -0.05) is 48.5 Å². The Morgan fingerprint density at radius 2 is 1.96 bits per heavy atom. The van der Waals surface area contributed by atoms with Gasteiger partial charge in [0.15, 0.2) is 11.6 Å². The highest BCUT2D eigenvalue weighted by atomic mass is 35.5. The fourth-order valence-corrected chi connectivity index (χ4v) is 6.46. The minimum Gasteiger partial charge on any atom is -0.462 e. The standard InChI is InChI=1S/C32H28ClF4N7O2/c1-18(34)30(45)44-12-11-43(15-20(44)9-10-38)29-23-14-39-27(22-7-3-5-19-6-4-8-24(33)25(19)22)26(35)28(23)40-31(41-29)46-16-21-13-32(36,37)17-42(21)2/h3-8,14,20-21H,1,9,11-13,15-17H2,2H3/t20-,21-/m0/s1. The second-order valence-electron chi connectivity index (χ2n) is 11.5. The molecule has 2 fully saturated rings. The van der Waals surface area contributed by atoms with Crippen molar-refractivity contribution in [3.8, 4) is 23.3 Å². The van der Waals surface area contributed by atoms with Gasteiger partial charge in [0.1, 0.15) is 23.6 Å². The van der Waals surface area contributed by atoms with Crippen LogP contribution in [0.1, 0.15) is 12.8 Å². The monoisotopic (exact) mass is 653 g/mol. The summed E-state index contributed by atoms with van der Waals surface area (Å²) in [7, 11) is 1.57. The predicted octanol–water partition coefficient (Wildman–Crippen LogP) is 5.77. The Hall–Kier alpha value is -4.54. The highest BCUT2D eigenvalue weighted by Crippen LogP contribution is 2.38. The fraction of sp³-hybridized carbons (Fsp3) is 0.344. The number of amides is 1. The fourth-order valence-electron chi connectivity index (χ4n) is 6.17. The van der Waals surface area contributed by atoms with Crippen LogP contribution >= 0.6 is 11.6 Å². The number of carbonyl (C=O) groups is 1. The number of anilines is 1. The van der Waals surface area contributed by atoms with Gasteiger partial charge in [0.05, 0.1) is 30.5 Å². The third-order valence-electron chi connectivity index (χ3n) is 8.40. The molecule has 1 amide bonds. The molecule has 2 atom stereocenters. The van der Waals surface area contributed by atoms with E-state index in [4.69, 9.17) is 16.3 Å². The molecule has 2 aromatic heterocycles. The van der Waals surface area contributed by atoms with E-state index in [2.05, 4.69) is 21.5 Å². The van der Waals surface area contributed by atoms with Crippen LogP contribution in [0.5, 0.6) is 6.01 Å². The first-order valence-electron chi connectivity index (χ1n) is 14.5. The average Bonchev–Trinajstić information content (AvgIpc) is 3.30. The molecule has 238 valence electrons. The van der Waals surface area contributed by atoms with Gasteiger partial charge in [-0.3, -0.25) is 14.7 Å². The van der Waals surface area contributed by atoms with Crippen molar-refractivity contribution < 1.29 is 27.1 Å². The number of nitriles is 1. The minimum atomic E-state index is -2.87. The first kappa shape index (κ1) is 31.4. The number of pyridine rings is 1. The van der Waals surface area contributed by atoms with Crippen molar-refractivity contribution in [1.29, 1.82) is 5.26 Å². The van der Waals surface area contributed by atoms with E-state index in [1.54, 1.807) is 36.2 Å². The third kappa shape index (κ3) is 5.90. The van der Waals surface area contributed by atoms with Gasteiger partial charge in [-0.05, 0) is 18.5 Å². The summed E-state index contributed by atoms with van der Waals surface area (Å²) >= 11 is 6.52. The second kappa shape index (κ2) is 12.3. The number of piperazine rings is 1. The number of nitrogens with zero attached hydrogens (tertiary/aromatic N) is 7. The lowest BCUT2D eigenvalue weighted by atomic mass is 10.0. The Morgan fingerprint density at radius 3 is 2.65 bits per heavy atom. The van der Waals surface area contributed by atoms with Crippen LogP contribution in [0.15, 0.2) is 55.0 Å². The lowest BCUT2D eigenvalue weighted by molar-refractivity contribution is -0.131. The van der Waals surface area contributed by atoms with Crippen LogP contribution in [0.4, 0.5) is 23.4 Å². The smallest absolute Gasteiger partial charge is 0.319 e. The van der Waals surface area contributed by atoms with Gasteiger partial charge in [-0.15, -0.1) is 0 Å². The Balaban J connectivity index is 1.44. The number of aromatic nitrogens is 3. The first-order valence-corrected chi connectivity index (χ1v) is 14.9. The van der Waals surface area contributed by atoms with Crippen molar-refractivity contribution in [2.24, 2.45) is 0 Å². The summed E-state index contributed by atoms with van der Waals surface area (Å²) in [5.74, 6) is -5.51. The van der Waals surface area contributed by atoms with Crippen molar-refractivity contribution in [2.75, 3.05) is 44.7 Å². The van der Waals surface area contributed by atoms with Crippen LogP contribution in [0.25, 0.3) is 32.9 Å². The molecular formula is C32H28ClF4N7O2. The van der Waals surface area contributed by atoms with E-state index in [0.717, 1.165) is 5.39 Å². The number of rotatable bonds is 7. The van der Waals surface area contributed by atoms with Gasteiger partial charge in [0.25, 0.3) is 11.8 Å². The average molecular weight is 654 g/mol. The van der Waals surface area contributed by atoms with Crippen LogP contribution in [0, 0.1) is 17.1 Å². The van der Waals surface area contributed by atoms with Crippen molar-refractivity contribution in [2.45, 2.75) is 30.8 Å². The second-order valence-corrected chi connectivity index (χ2v) is 11.9. The van der Waals surface area contributed by atoms with Crippen LogP contribution < -0.4 is 9.64 Å². The maximum atomic E-state index is 16.6. The molecule has 4 aromatic rings. The summed E-state index contributed by atoms with van der Waals surface area (Å²) in [4.78, 5) is 30.3. The molecule has 2 aliphatic rings. The zero-order valence-corrected chi connectivity index (χ0v) is 25.4. The van der Waals surface area contributed by atoms with E-state index in [9.17, 15) is 23.2 Å². The van der Waals surface area contributed by atoms with Gasteiger partial charge in [0.2, 0.25) is 0 Å². The number of ether oxygens (including phenoxy) is 1. The number of likely N-dealkylation sites (tertiary alicyclic amines) is 1. The summed E-state index contributed by atoms with van der Waals surface area (Å²) in [5.41, 5.74) is 0.287. The molecular weight excluding hydrogens is 626 g/mol. The topological polar surface area (TPSA) is 98.5 Å². The number of hydrogen-bond acceptors (Lipinski definition) is 8. The molecule has 0 spiro atoms. The predicted molar refractivity (Wildman–Crippen MR) is 165 cm³/mol. The van der Waals surface area contributed by atoms with Gasteiger partial charge < -0.3 is 14.5 Å². The molecule has 0 unspecified atom stereocenters. The molecule has 0 aliphatic carbocycles. The van der Waals surface area contributed by atoms with Gasteiger partial charge in [0, 0.05) is 54.3 Å². The van der Waals surface area contributed by atoms with Crippen LogP contribution in [-0.4, -0.2) is 88.5 Å². The van der Waals surface area contributed by atoms with E-state index in [0.29, 0.717) is 16.0 Å². The summed E-state index contributed by atoms with van der Waals surface area (Å²) < 4.78 is 64.3. The maximum Gasteiger partial charge on any atom is 0.319 e. The van der Waals surface area contributed by atoms with Gasteiger partial charge in [-0.2, -0.15) is 15.2 Å². The van der Waals surface area contributed by atoms with Crippen LogP contribution in [0.3, 0.4) is 0 Å². The number of carbonyl (C=O) groups excluding carboxylic acids is 1. The molecule has 0 radical (unpaired) electrons. The summed E-state index contributed by atoms with van der Waals surface area (Å²) in [6.07, 6.45) is 0.899. The van der Waals surface area contributed by atoms with Crippen molar-refractivity contribution in [3.05, 3.63) is 65.8 Å². The van der Waals surface area contributed by atoms with Crippen molar-refractivity contribution in [1.82, 2.24) is 24.8 Å². The molecule has 46 heavy (non-hydrogen) atoms. The zero-order valence-electron chi connectivity index (χ0n) is 24.7. The summed E-state index contributed by atoms with van der Waals surface area (Å²) in [5, 5.41) is 11.4. The normalized spacial score (nSPS) is 19.8. The van der Waals surface area contributed by atoms with E-state index in [1.165, 1.54) is 16.0 Å². The highest BCUT2D eigenvalue weighted by molar-refractivity contribution is 6.36. The maximum absolute atomic E-state index is 16.6. The van der Waals surface area contributed by atoms with Crippen LogP contribution in [0.2, 0.25) is 5.02 Å². The Morgan fingerprint density at radius 1 is 1.20 bits per heavy atom.